The summed E-state index contributed by atoms with van der Waals surface area (Å²) in [6.07, 6.45) is 8.50. The molecule has 2 aromatic heterocycles. The summed E-state index contributed by atoms with van der Waals surface area (Å²) in [5.41, 5.74) is 3.14. The largest absolute Gasteiger partial charge is 0.313 e. The van der Waals surface area contributed by atoms with Gasteiger partial charge in [0.2, 0.25) is 0 Å². The highest BCUT2D eigenvalue weighted by molar-refractivity contribution is 5.48. The van der Waals surface area contributed by atoms with Crippen LogP contribution in [0.5, 0.6) is 0 Å². The summed E-state index contributed by atoms with van der Waals surface area (Å²) in [6.45, 7) is 0. The van der Waals surface area contributed by atoms with E-state index in [0.717, 1.165) is 24.2 Å². The summed E-state index contributed by atoms with van der Waals surface area (Å²) in [4.78, 5) is 17.2. The van der Waals surface area contributed by atoms with E-state index in [1.807, 2.05) is 19.3 Å². The molecule has 0 spiro atoms. The first-order valence-electron chi connectivity index (χ1n) is 6.18. The maximum Gasteiger partial charge on any atom is 0.178 e. The van der Waals surface area contributed by atoms with Crippen molar-refractivity contribution in [2.45, 2.75) is 25.3 Å². The summed E-state index contributed by atoms with van der Waals surface area (Å²) in [6, 6.07) is 2.22. The van der Waals surface area contributed by atoms with Gasteiger partial charge in [-0.2, -0.15) is 0 Å². The molecule has 5 nitrogen and oxygen atoms in total. The van der Waals surface area contributed by atoms with Gasteiger partial charge in [-0.05, 0) is 32.4 Å². The fourth-order valence-corrected chi connectivity index (χ4v) is 2.39. The molecular weight excluding hydrogens is 226 g/mol. The third-order valence-corrected chi connectivity index (χ3v) is 3.34. The van der Waals surface area contributed by atoms with Crippen molar-refractivity contribution in [3.8, 4) is 11.5 Å². The van der Waals surface area contributed by atoms with E-state index in [2.05, 4.69) is 25.3 Å². The minimum atomic E-state index is 0.383. The van der Waals surface area contributed by atoms with Crippen molar-refractivity contribution < 1.29 is 0 Å². The van der Waals surface area contributed by atoms with Gasteiger partial charge in [0.15, 0.2) is 5.82 Å². The molecule has 0 fully saturated rings. The van der Waals surface area contributed by atoms with Crippen LogP contribution < -0.4 is 5.32 Å². The van der Waals surface area contributed by atoms with Crippen molar-refractivity contribution >= 4 is 0 Å². The van der Waals surface area contributed by atoms with E-state index in [-0.39, 0.29) is 0 Å². The monoisotopic (exact) mass is 241 g/mol. The zero-order valence-corrected chi connectivity index (χ0v) is 10.3. The molecule has 1 aliphatic rings. The van der Waals surface area contributed by atoms with E-state index in [0.29, 0.717) is 11.9 Å². The van der Waals surface area contributed by atoms with Crippen molar-refractivity contribution in [3.05, 3.63) is 36.0 Å². The lowest BCUT2D eigenvalue weighted by molar-refractivity contribution is 0.487. The first-order valence-corrected chi connectivity index (χ1v) is 6.18. The van der Waals surface area contributed by atoms with Crippen molar-refractivity contribution in [1.82, 2.24) is 25.3 Å². The van der Waals surface area contributed by atoms with Gasteiger partial charge in [0.1, 0.15) is 12.0 Å². The van der Waals surface area contributed by atoms with Gasteiger partial charge in [0, 0.05) is 29.7 Å². The summed E-state index contributed by atoms with van der Waals surface area (Å²) < 4.78 is 0. The Balaban J connectivity index is 2.01. The van der Waals surface area contributed by atoms with Gasteiger partial charge in [0.05, 0.1) is 0 Å². The fourth-order valence-electron chi connectivity index (χ4n) is 2.39. The average molecular weight is 241 g/mol. The molecule has 1 N–H and O–H groups in total. The van der Waals surface area contributed by atoms with Crippen LogP contribution in [0.25, 0.3) is 11.5 Å². The van der Waals surface area contributed by atoms with Crippen LogP contribution in [0.1, 0.15) is 30.1 Å². The van der Waals surface area contributed by atoms with Crippen LogP contribution in [0, 0.1) is 0 Å². The zero-order chi connectivity index (χ0) is 12.4. The quantitative estimate of drug-likeness (QED) is 0.863. The van der Waals surface area contributed by atoms with Crippen molar-refractivity contribution in [1.29, 1.82) is 0 Å². The molecule has 0 aromatic carbocycles. The normalized spacial score (nSPS) is 18.4. The van der Waals surface area contributed by atoms with Crippen LogP contribution in [-0.2, 0) is 6.42 Å². The second-order valence-corrected chi connectivity index (χ2v) is 4.42. The molecule has 1 aliphatic carbocycles. The maximum absolute atomic E-state index is 4.64. The zero-order valence-electron chi connectivity index (χ0n) is 10.3. The SMILES string of the molecule is CNC1CCCc2nc(-c3ccncn3)ncc21. The number of rotatable bonds is 2. The molecule has 2 aromatic rings. The average Bonchev–Trinajstić information content (AvgIpc) is 2.47. The van der Waals surface area contributed by atoms with E-state index in [1.54, 1.807) is 6.20 Å². The van der Waals surface area contributed by atoms with Gasteiger partial charge in [-0.3, -0.25) is 0 Å². The topological polar surface area (TPSA) is 63.6 Å². The lowest BCUT2D eigenvalue weighted by Gasteiger charge is -2.23. The predicted molar refractivity (Wildman–Crippen MR) is 67.8 cm³/mol. The minimum absolute atomic E-state index is 0.383. The lowest BCUT2D eigenvalue weighted by atomic mass is 9.92. The minimum Gasteiger partial charge on any atom is -0.313 e. The first-order chi connectivity index (χ1) is 8.88. The van der Waals surface area contributed by atoms with Crippen LogP contribution in [0.4, 0.5) is 0 Å². The van der Waals surface area contributed by atoms with Gasteiger partial charge in [-0.25, -0.2) is 19.9 Å². The fraction of sp³-hybridized carbons (Fsp3) is 0.385. The Morgan fingerprint density at radius 2 is 2.28 bits per heavy atom. The van der Waals surface area contributed by atoms with Crippen LogP contribution >= 0.6 is 0 Å². The second kappa shape index (κ2) is 4.78. The van der Waals surface area contributed by atoms with Crippen molar-refractivity contribution in [2.75, 3.05) is 7.05 Å². The molecule has 1 unspecified atom stereocenters. The van der Waals surface area contributed by atoms with Gasteiger partial charge in [-0.15, -0.1) is 0 Å². The standard InChI is InChI=1S/C13H15N5/c1-14-10-3-2-4-11-9(10)7-16-13(18-11)12-5-6-15-8-17-12/h5-8,10,14H,2-4H2,1H3. The number of nitrogens with zero attached hydrogens (tertiary/aromatic N) is 4. The third kappa shape index (κ3) is 1.97. The number of aromatic nitrogens is 4. The summed E-state index contributed by atoms with van der Waals surface area (Å²) in [5.74, 6) is 0.688. The Bertz CT molecular complexity index is 540. The molecule has 5 heteroatoms. The highest BCUT2D eigenvalue weighted by Gasteiger charge is 2.21. The molecule has 0 saturated carbocycles. The Morgan fingerprint density at radius 3 is 3.06 bits per heavy atom. The first kappa shape index (κ1) is 11.2. The number of hydrogen-bond donors (Lipinski definition) is 1. The number of fused-ring (bicyclic) bond motifs is 1. The molecule has 3 rings (SSSR count). The Labute approximate surface area is 106 Å². The van der Waals surface area contributed by atoms with Crippen LogP contribution in [-0.4, -0.2) is 27.0 Å². The lowest BCUT2D eigenvalue weighted by Crippen LogP contribution is -2.22. The molecule has 0 aliphatic heterocycles. The molecule has 92 valence electrons. The highest BCUT2D eigenvalue weighted by atomic mass is 15.0. The van der Waals surface area contributed by atoms with Crippen molar-refractivity contribution in [3.63, 3.8) is 0 Å². The second-order valence-electron chi connectivity index (χ2n) is 4.42. The molecule has 2 heterocycles. The molecule has 0 saturated heterocycles. The van der Waals surface area contributed by atoms with Gasteiger partial charge in [-0.1, -0.05) is 0 Å². The Kier molecular flexibility index (Phi) is 2.98. The number of nitrogens with one attached hydrogen (secondary N) is 1. The molecule has 18 heavy (non-hydrogen) atoms. The summed E-state index contributed by atoms with van der Waals surface area (Å²) >= 11 is 0. The van der Waals surface area contributed by atoms with E-state index >= 15 is 0 Å². The summed E-state index contributed by atoms with van der Waals surface area (Å²) in [7, 11) is 1.98. The Morgan fingerprint density at radius 1 is 1.33 bits per heavy atom. The van der Waals surface area contributed by atoms with E-state index in [1.165, 1.54) is 18.3 Å². The molecular formula is C13H15N5. The number of hydrogen-bond acceptors (Lipinski definition) is 5. The molecule has 0 amide bonds. The van der Waals surface area contributed by atoms with E-state index in [9.17, 15) is 0 Å². The predicted octanol–water partition coefficient (Wildman–Crippen LogP) is 1.53. The van der Waals surface area contributed by atoms with E-state index < -0.39 is 0 Å². The molecule has 0 bridgehead atoms. The van der Waals surface area contributed by atoms with E-state index in [4.69, 9.17) is 0 Å². The molecule has 1 atom stereocenters. The van der Waals surface area contributed by atoms with Crippen LogP contribution in [0.3, 0.4) is 0 Å². The van der Waals surface area contributed by atoms with Crippen LogP contribution in [0.2, 0.25) is 0 Å². The Hall–Kier alpha value is -1.88. The van der Waals surface area contributed by atoms with Gasteiger partial charge < -0.3 is 5.32 Å². The third-order valence-electron chi connectivity index (χ3n) is 3.34. The maximum atomic E-state index is 4.64. The van der Waals surface area contributed by atoms with Crippen molar-refractivity contribution in [2.24, 2.45) is 0 Å². The highest BCUT2D eigenvalue weighted by Crippen LogP contribution is 2.28. The molecule has 0 radical (unpaired) electrons. The van der Waals surface area contributed by atoms with Crippen LogP contribution in [0.15, 0.2) is 24.8 Å². The smallest absolute Gasteiger partial charge is 0.178 e. The summed E-state index contributed by atoms with van der Waals surface area (Å²) in [5, 5.41) is 3.31. The number of aryl methyl sites for hydroxylation is 1. The van der Waals surface area contributed by atoms with Gasteiger partial charge >= 0.3 is 0 Å². The van der Waals surface area contributed by atoms with Gasteiger partial charge in [0.25, 0.3) is 0 Å².